The summed E-state index contributed by atoms with van der Waals surface area (Å²) in [6, 6.07) is 11.0. The second-order valence-corrected chi connectivity index (χ2v) is 4.85. The Morgan fingerprint density at radius 1 is 1.24 bits per heavy atom. The van der Waals surface area contributed by atoms with Gasteiger partial charge in [0.25, 0.3) is 5.91 Å². The minimum Gasteiger partial charge on any atom is -0.480 e. The summed E-state index contributed by atoms with van der Waals surface area (Å²) in [7, 11) is 0. The summed E-state index contributed by atoms with van der Waals surface area (Å²) in [5.74, 6) is -1.67. The number of nitrogens with zero attached hydrogens (tertiary/aromatic N) is 1. The number of carbonyl (C=O) groups excluding carboxylic acids is 1. The lowest BCUT2D eigenvalue weighted by Gasteiger charge is -2.14. The van der Waals surface area contributed by atoms with Crippen molar-refractivity contribution in [1.82, 2.24) is 10.3 Å². The molecule has 108 valence electrons. The highest BCUT2D eigenvalue weighted by Gasteiger charge is 2.21. The van der Waals surface area contributed by atoms with Gasteiger partial charge >= 0.3 is 5.97 Å². The second kappa shape index (κ2) is 6.85. The number of carbonyl (C=O) groups is 2. The van der Waals surface area contributed by atoms with Crippen molar-refractivity contribution in [2.45, 2.75) is 12.5 Å². The fraction of sp³-hybridized carbons (Fsp3) is 0.133. The average molecular weight is 305 g/mol. The Morgan fingerprint density at radius 3 is 2.57 bits per heavy atom. The molecular weight excluding hydrogens is 292 g/mol. The van der Waals surface area contributed by atoms with Gasteiger partial charge < -0.3 is 10.4 Å². The van der Waals surface area contributed by atoms with E-state index in [9.17, 15) is 14.7 Å². The Morgan fingerprint density at radius 2 is 1.95 bits per heavy atom. The molecule has 0 fully saturated rings. The molecule has 0 spiro atoms. The molecule has 0 saturated carbocycles. The van der Waals surface area contributed by atoms with Crippen molar-refractivity contribution in [1.29, 1.82) is 0 Å². The van der Waals surface area contributed by atoms with Crippen LogP contribution in [-0.4, -0.2) is 28.0 Å². The summed E-state index contributed by atoms with van der Waals surface area (Å²) in [5.41, 5.74) is 0.908. The normalized spacial score (nSPS) is 11.7. The van der Waals surface area contributed by atoms with E-state index in [1.165, 1.54) is 18.3 Å². The molecule has 0 bridgehead atoms. The van der Waals surface area contributed by atoms with Crippen LogP contribution in [0.5, 0.6) is 0 Å². The minimum atomic E-state index is -1.10. The minimum absolute atomic E-state index is 0.0850. The molecule has 2 rings (SSSR count). The van der Waals surface area contributed by atoms with Gasteiger partial charge in [-0.3, -0.25) is 9.78 Å². The largest absolute Gasteiger partial charge is 0.480 e. The smallest absolute Gasteiger partial charge is 0.326 e. The molecule has 1 aromatic heterocycles. The number of pyridine rings is 1. The molecule has 0 radical (unpaired) electrons. The summed E-state index contributed by atoms with van der Waals surface area (Å²) < 4.78 is 0. The van der Waals surface area contributed by atoms with Gasteiger partial charge in [0.15, 0.2) is 0 Å². The first-order valence-electron chi connectivity index (χ1n) is 6.25. The molecule has 2 N–H and O–H groups in total. The van der Waals surface area contributed by atoms with Crippen LogP contribution in [0.1, 0.15) is 16.1 Å². The first-order chi connectivity index (χ1) is 10.1. The van der Waals surface area contributed by atoms with Crippen LogP contribution in [0.4, 0.5) is 0 Å². The molecule has 0 aliphatic rings. The predicted molar refractivity (Wildman–Crippen MR) is 78.3 cm³/mol. The van der Waals surface area contributed by atoms with E-state index >= 15 is 0 Å². The van der Waals surface area contributed by atoms with E-state index in [0.29, 0.717) is 5.02 Å². The number of nitrogens with one attached hydrogen (secondary N) is 1. The zero-order valence-electron chi connectivity index (χ0n) is 11.0. The zero-order chi connectivity index (χ0) is 15.2. The van der Waals surface area contributed by atoms with E-state index in [1.807, 2.05) is 18.2 Å². The van der Waals surface area contributed by atoms with Crippen molar-refractivity contribution in [2.24, 2.45) is 0 Å². The SMILES string of the molecule is O=C(N[C@@H](Cc1ccccc1)C(=O)O)c1cc(Cl)ccn1. The molecule has 0 unspecified atom stereocenters. The van der Waals surface area contributed by atoms with Gasteiger partial charge in [-0.1, -0.05) is 41.9 Å². The molecule has 5 nitrogen and oxygen atoms in total. The second-order valence-electron chi connectivity index (χ2n) is 4.41. The lowest BCUT2D eigenvalue weighted by Crippen LogP contribution is -2.42. The number of aliphatic carboxylic acids is 1. The Labute approximate surface area is 126 Å². The Bertz CT molecular complexity index is 646. The Hall–Kier alpha value is -2.40. The number of aromatic nitrogens is 1. The maximum atomic E-state index is 12.0. The number of halogens is 1. The first kappa shape index (κ1) is 15.0. The average Bonchev–Trinajstić information content (AvgIpc) is 2.47. The van der Waals surface area contributed by atoms with Crippen LogP contribution in [0.2, 0.25) is 5.02 Å². The van der Waals surface area contributed by atoms with Crippen molar-refractivity contribution >= 4 is 23.5 Å². The molecule has 21 heavy (non-hydrogen) atoms. The first-order valence-corrected chi connectivity index (χ1v) is 6.63. The molecule has 6 heteroatoms. The molecule has 2 aromatic rings. The van der Waals surface area contributed by atoms with Gasteiger partial charge in [-0.2, -0.15) is 0 Å². The number of carboxylic acids is 1. The van der Waals surface area contributed by atoms with E-state index < -0.39 is 17.9 Å². The maximum Gasteiger partial charge on any atom is 0.326 e. The molecular formula is C15H13ClN2O3. The highest BCUT2D eigenvalue weighted by molar-refractivity contribution is 6.30. The van der Waals surface area contributed by atoms with Crippen molar-refractivity contribution in [3.8, 4) is 0 Å². The quantitative estimate of drug-likeness (QED) is 0.887. The van der Waals surface area contributed by atoms with Crippen LogP contribution in [0, 0.1) is 0 Å². The van der Waals surface area contributed by atoms with Crippen LogP contribution in [0.3, 0.4) is 0 Å². The third kappa shape index (κ3) is 4.29. The number of hydrogen-bond acceptors (Lipinski definition) is 3. The summed E-state index contributed by atoms with van der Waals surface area (Å²) in [6.07, 6.45) is 1.59. The number of carboxylic acid groups (broad SMARTS) is 1. The van der Waals surface area contributed by atoms with Gasteiger partial charge in [-0.05, 0) is 17.7 Å². The topological polar surface area (TPSA) is 79.3 Å². The van der Waals surface area contributed by atoms with Gasteiger partial charge in [-0.15, -0.1) is 0 Å². The van der Waals surface area contributed by atoms with Crippen molar-refractivity contribution in [3.63, 3.8) is 0 Å². The number of benzene rings is 1. The van der Waals surface area contributed by atoms with Gasteiger partial charge in [0.1, 0.15) is 11.7 Å². The Balaban J connectivity index is 2.10. The number of amides is 1. The summed E-state index contributed by atoms with van der Waals surface area (Å²) in [6.45, 7) is 0. The van der Waals surface area contributed by atoms with Crippen LogP contribution in [0.25, 0.3) is 0 Å². The van der Waals surface area contributed by atoms with Crippen molar-refractivity contribution < 1.29 is 14.7 Å². The summed E-state index contributed by atoms with van der Waals surface area (Å²) in [4.78, 5) is 27.2. The van der Waals surface area contributed by atoms with Gasteiger partial charge in [0.05, 0.1) is 0 Å². The third-order valence-electron chi connectivity index (χ3n) is 2.84. The van der Waals surface area contributed by atoms with Crippen LogP contribution in [-0.2, 0) is 11.2 Å². The fourth-order valence-corrected chi connectivity index (χ4v) is 1.97. The molecule has 1 atom stereocenters. The van der Waals surface area contributed by atoms with E-state index in [0.717, 1.165) is 5.56 Å². The summed E-state index contributed by atoms with van der Waals surface area (Å²) in [5, 5.41) is 12.0. The summed E-state index contributed by atoms with van der Waals surface area (Å²) >= 11 is 5.78. The Kier molecular flexibility index (Phi) is 4.90. The van der Waals surface area contributed by atoms with Gasteiger partial charge in [0, 0.05) is 17.6 Å². The van der Waals surface area contributed by atoms with Crippen molar-refractivity contribution in [3.05, 3.63) is 64.9 Å². The van der Waals surface area contributed by atoms with Crippen LogP contribution < -0.4 is 5.32 Å². The standard InChI is InChI=1S/C15H13ClN2O3/c16-11-6-7-17-12(9-11)14(19)18-13(15(20)21)8-10-4-2-1-3-5-10/h1-7,9,13H,8H2,(H,18,19)(H,20,21)/t13-/m0/s1. The monoisotopic (exact) mass is 304 g/mol. The van der Waals surface area contributed by atoms with Crippen molar-refractivity contribution in [2.75, 3.05) is 0 Å². The predicted octanol–water partition coefficient (Wildman–Crippen LogP) is 2.16. The molecule has 1 amide bonds. The number of rotatable bonds is 5. The van der Waals surface area contributed by atoms with Crippen LogP contribution >= 0.6 is 11.6 Å². The molecule has 0 saturated heterocycles. The maximum absolute atomic E-state index is 12.0. The van der Waals surface area contributed by atoms with E-state index in [2.05, 4.69) is 10.3 Å². The van der Waals surface area contributed by atoms with Gasteiger partial charge in [0.2, 0.25) is 0 Å². The van der Waals surface area contributed by atoms with Gasteiger partial charge in [-0.25, -0.2) is 4.79 Å². The van der Waals surface area contributed by atoms with E-state index in [-0.39, 0.29) is 12.1 Å². The lowest BCUT2D eigenvalue weighted by atomic mass is 10.1. The third-order valence-corrected chi connectivity index (χ3v) is 3.08. The zero-order valence-corrected chi connectivity index (χ0v) is 11.7. The fourth-order valence-electron chi connectivity index (χ4n) is 1.81. The molecule has 1 heterocycles. The molecule has 0 aliphatic carbocycles. The highest BCUT2D eigenvalue weighted by atomic mass is 35.5. The lowest BCUT2D eigenvalue weighted by molar-refractivity contribution is -0.139. The molecule has 0 aliphatic heterocycles. The number of hydrogen-bond donors (Lipinski definition) is 2. The van der Waals surface area contributed by atoms with E-state index in [4.69, 9.17) is 11.6 Å². The van der Waals surface area contributed by atoms with Crippen LogP contribution in [0.15, 0.2) is 48.7 Å². The van der Waals surface area contributed by atoms with E-state index in [1.54, 1.807) is 12.1 Å². The molecule has 1 aromatic carbocycles. The highest BCUT2D eigenvalue weighted by Crippen LogP contribution is 2.09.